The summed E-state index contributed by atoms with van der Waals surface area (Å²) in [6.07, 6.45) is 4.70. The van der Waals surface area contributed by atoms with E-state index >= 15 is 0 Å². The number of hydrogen-bond donors (Lipinski definition) is 0. The standard InChI is InChI=1S/C12H13BrN2O/c13-11-9-14-15(10-11)7-4-8-16-12-5-2-1-3-6-12/h1-3,5-6,9-10H,4,7-8H2. The van der Waals surface area contributed by atoms with Gasteiger partial charge < -0.3 is 4.74 Å². The molecule has 0 aliphatic heterocycles. The SMILES string of the molecule is Brc1cnn(CCCOc2ccccc2)c1. The maximum atomic E-state index is 5.58. The Hall–Kier alpha value is -1.29. The maximum absolute atomic E-state index is 5.58. The van der Waals surface area contributed by atoms with Crippen LogP contribution in [-0.2, 0) is 6.54 Å². The van der Waals surface area contributed by atoms with Crippen LogP contribution in [0.3, 0.4) is 0 Å². The Morgan fingerprint density at radius 3 is 2.75 bits per heavy atom. The van der Waals surface area contributed by atoms with Crippen LogP contribution in [0, 0.1) is 0 Å². The van der Waals surface area contributed by atoms with Crippen LogP contribution in [0.4, 0.5) is 0 Å². The van der Waals surface area contributed by atoms with Gasteiger partial charge in [-0.25, -0.2) is 0 Å². The van der Waals surface area contributed by atoms with Crippen molar-refractivity contribution in [2.45, 2.75) is 13.0 Å². The molecule has 4 heteroatoms. The predicted octanol–water partition coefficient (Wildman–Crippen LogP) is 3.11. The molecule has 84 valence electrons. The van der Waals surface area contributed by atoms with Crippen molar-refractivity contribution in [3.05, 3.63) is 47.2 Å². The summed E-state index contributed by atoms with van der Waals surface area (Å²) in [5.74, 6) is 0.921. The molecule has 0 bridgehead atoms. The van der Waals surface area contributed by atoms with Gasteiger partial charge in [0.15, 0.2) is 0 Å². The first-order valence-corrected chi connectivity index (χ1v) is 6.00. The molecule has 0 radical (unpaired) electrons. The fourth-order valence-electron chi connectivity index (χ4n) is 1.39. The molecule has 2 rings (SSSR count). The number of halogens is 1. The molecule has 0 aliphatic rings. The van der Waals surface area contributed by atoms with Gasteiger partial charge in [0.2, 0.25) is 0 Å². The fraction of sp³-hybridized carbons (Fsp3) is 0.250. The van der Waals surface area contributed by atoms with E-state index < -0.39 is 0 Å². The highest BCUT2D eigenvalue weighted by Gasteiger charge is 1.96. The summed E-state index contributed by atoms with van der Waals surface area (Å²) in [6, 6.07) is 9.85. The molecule has 0 spiro atoms. The predicted molar refractivity (Wildman–Crippen MR) is 66.5 cm³/mol. The van der Waals surface area contributed by atoms with Crippen LogP contribution in [-0.4, -0.2) is 16.4 Å². The zero-order valence-electron chi connectivity index (χ0n) is 8.84. The monoisotopic (exact) mass is 280 g/mol. The third kappa shape index (κ3) is 3.38. The minimum atomic E-state index is 0.710. The highest BCUT2D eigenvalue weighted by atomic mass is 79.9. The Labute approximate surface area is 103 Å². The van der Waals surface area contributed by atoms with E-state index in [2.05, 4.69) is 21.0 Å². The van der Waals surface area contributed by atoms with Crippen LogP contribution in [0.15, 0.2) is 47.2 Å². The van der Waals surface area contributed by atoms with Crippen LogP contribution in [0.25, 0.3) is 0 Å². The van der Waals surface area contributed by atoms with Gasteiger partial charge in [0.05, 0.1) is 17.3 Å². The number of ether oxygens (including phenoxy) is 1. The van der Waals surface area contributed by atoms with Gasteiger partial charge >= 0.3 is 0 Å². The summed E-state index contributed by atoms with van der Waals surface area (Å²) in [7, 11) is 0. The van der Waals surface area contributed by atoms with Crippen molar-refractivity contribution in [2.24, 2.45) is 0 Å². The Balaban J connectivity index is 1.69. The number of para-hydroxylation sites is 1. The molecule has 1 aromatic carbocycles. The van der Waals surface area contributed by atoms with Crippen molar-refractivity contribution in [1.82, 2.24) is 9.78 Å². The largest absolute Gasteiger partial charge is 0.494 e. The Bertz CT molecular complexity index is 428. The lowest BCUT2D eigenvalue weighted by atomic mass is 10.3. The van der Waals surface area contributed by atoms with E-state index in [1.54, 1.807) is 6.20 Å². The van der Waals surface area contributed by atoms with Crippen molar-refractivity contribution < 1.29 is 4.74 Å². The van der Waals surface area contributed by atoms with Crippen LogP contribution < -0.4 is 4.74 Å². The highest BCUT2D eigenvalue weighted by Crippen LogP contribution is 2.09. The van der Waals surface area contributed by atoms with E-state index in [-0.39, 0.29) is 0 Å². The number of aryl methyl sites for hydroxylation is 1. The Morgan fingerprint density at radius 2 is 2.06 bits per heavy atom. The molecule has 0 N–H and O–H groups in total. The molecule has 1 heterocycles. The molecule has 0 aliphatic carbocycles. The van der Waals surface area contributed by atoms with Crippen molar-refractivity contribution in [3.63, 3.8) is 0 Å². The fourth-order valence-corrected chi connectivity index (χ4v) is 1.72. The van der Waals surface area contributed by atoms with Gasteiger partial charge in [0, 0.05) is 19.2 Å². The molecular weight excluding hydrogens is 268 g/mol. The number of nitrogens with zero attached hydrogens (tertiary/aromatic N) is 2. The summed E-state index contributed by atoms with van der Waals surface area (Å²) >= 11 is 3.36. The molecule has 3 nitrogen and oxygen atoms in total. The highest BCUT2D eigenvalue weighted by molar-refractivity contribution is 9.10. The minimum Gasteiger partial charge on any atom is -0.494 e. The van der Waals surface area contributed by atoms with Crippen LogP contribution in [0.1, 0.15) is 6.42 Å². The Kier molecular flexibility index (Phi) is 3.99. The molecule has 16 heavy (non-hydrogen) atoms. The average Bonchev–Trinajstić information content (AvgIpc) is 2.72. The van der Waals surface area contributed by atoms with Gasteiger partial charge in [0.25, 0.3) is 0 Å². The molecule has 0 fully saturated rings. The van der Waals surface area contributed by atoms with E-state index in [1.807, 2.05) is 41.2 Å². The first-order valence-electron chi connectivity index (χ1n) is 5.20. The minimum absolute atomic E-state index is 0.710. The quantitative estimate of drug-likeness (QED) is 0.787. The van der Waals surface area contributed by atoms with Gasteiger partial charge in [-0.1, -0.05) is 18.2 Å². The topological polar surface area (TPSA) is 27.1 Å². The lowest BCUT2D eigenvalue weighted by Gasteiger charge is -2.05. The second-order valence-electron chi connectivity index (χ2n) is 3.44. The summed E-state index contributed by atoms with van der Waals surface area (Å²) < 4.78 is 8.49. The molecule has 2 aromatic rings. The first-order chi connectivity index (χ1) is 7.84. The van der Waals surface area contributed by atoms with Crippen molar-refractivity contribution in [2.75, 3.05) is 6.61 Å². The molecule has 0 unspecified atom stereocenters. The zero-order chi connectivity index (χ0) is 11.2. The normalized spacial score (nSPS) is 10.3. The number of aromatic nitrogens is 2. The van der Waals surface area contributed by atoms with E-state index in [1.165, 1.54) is 0 Å². The molecular formula is C12H13BrN2O. The van der Waals surface area contributed by atoms with Gasteiger partial charge in [0.1, 0.15) is 5.75 Å². The van der Waals surface area contributed by atoms with Gasteiger partial charge in [-0.15, -0.1) is 0 Å². The van der Waals surface area contributed by atoms with E-state index in [0.717, 1.165) is 23.2 Å². The number of hydrogen-bond acceptors (Lipinski definition) is 2. The van der Waals surface area contributed by atoms with Crippen molar-refractivity contribution in [3.8, 4) is 5.75 Å². The van der Waals surface area contributed by atoms with E-state index in [0.29, 0.717) is 6.61 Å². The van der Waals surface area contributed by atoms with Crippen molar-refractivity contribution >= 4 is 15.9 Å². The smallest absolute Gasteiger partial charge is 0.119 e. The van der Waals surface area contributed by atoms with Gasteiger partial charge in [-0.2, -0.15) is 5.10 Å². The molecule has 1 aromatic heterocycles. The summed E-state index contributed by atoms with van der Waals surface area (Å²) in [5.41, 5.74) is 0. The average molecular weight is 281 g/mol. The molecule has 0 saturated heterocycles. The Morgan fingerprint density at radius 1 is 1.25 bits per heavy atom. The molecule has 0 atom stereocenters. The third-order valence-electron chi connectivity index (χ3n) is 2.15. The van der Waals surface area contributed by atoms with Crippen LogP contribution >= 0.6 is 15.9 Å². The second kappa shape index (κ2) is 5.70. The van der Waals surface area contributed by atoms with E-state index in [9.17, 15) is 0 Å². The lowest BCUT2D eigenvalue weighted by Crippen LogP contribution is -2.04. The summed E-state index contributed by atoms with van der Waals surface area (Å²) in [6.45, 7) is 1.58. The lowest BCUT2D eigenvalue weighted by molar-refractivity contribution is 0.298. The summed E-state index contributed by atoms with van der Waals surface area (Å²) in [4.78, 5) is 0. The van der Waals surface area contributed by atoms with Crippen LogP contribution in [0.5, 0.6) is 5.75 Å². The number of rotatable bonds is 5. The summed E-state index contributed by atoms with van der Waals surface area (Å²) in [5, 5.41) is 4.17. The third-order valence-corrected chi connectivity index (χ3v) is 2.55. The molecule has 0 amide bonds. The van der Waals surface area contributed by atoms with E-state index in [4.69, 9.17) is 4.74 Å². The zero-order valence-corrected chi connectivity index (χ0v) is 10.4. The molecule has 0 saturated carbocycles. The first kappa shape index (κ1) is 11.2. The number of benzene rings is 1. The second-order valence-corrected chi connectivity index (χ2v) is 4.35. The van der Waals surface area contributed by atoms with Gasteiger partial charge in [-0.3, -0.25) is 4.68 Å². The van der Waals surface area contributed by atoms with Crippen molar-refractivity contribution in [1.29, 1.82) is 0 Å². The van der Waals surface area contributed by atoms with Gasteiger partial charge in [-0.05, 0) is 28.1 Å². The van der Waals surface area contributed by atoms with Crippen LogP contribution in [0.2, 0.25) is 0 Å². The maximum Gasteiger partial charge on any atom is 0.119 e.